The molecule has 4 heterocycles. The summed E-state index contributed by atoms with van der Waals surface area (Å²) in [4.78, 5) is 26.5. The highest BCUT2D eigenvalue weighted by atomic mass is 16.5. The molecule has 8 nitrogen and oxygen atoms in total. The van der Waals surface area contributed by atoms with E-state index in [1.165, 1.54) is 18.3 Å². The van der Waals surface area contributed by atoms with Gasteiger partial charge < -0.3 is 19.9 Å². The van der Waals surface area contributed by atoms with E-state index in [4.69, 9.17) is 10.5 Å². The quantitative estimate of drug-likeness (QED) is 0.381. The molecule has 8 heteroatoms. The number of rotatable bonds is 6. The number of anilines is 1. The maximum Gasteiger partial charge on any atom is 0.213 e. The summed E-state index contributed by atoms with van der Waals surface area (Å²) in [7, 11) is 2.07. The molecule has 0 aromatic carbocycles. The molecule has 0 bridgehead atoms. The Bertz CT molecular complexity index is 1360. The number of aromatic nitrogens is 4. The summed E-state index contributed by atoms with van der Waals surface area (Å²) in [6, 6.07) is 4.05. The van der Waals surface area contributed by atoms with Crippen LogP contribution >= 0.6 is 0 Å². The monoisotopic (exact) mass is 498 g/mol. The molecule has 6 rings (SSSR count). The van der Waals surface area contributed by atoms with Crippen molar-refractivity contribution < 1.29 is 9.53 Å². The van der Waals surface area contributed by atoms with Gasteiger partial charge in [0.05, 0.1) is 11.1 Å². The molecule has 37 heavy (non-hydrogen) atoms. The van der Waals surface area contributed by atoms with Gasteiger partial charge in [0.15, 0.2) is 0 Å². The number of allylic oxidation sites excluding steroid dienone is 3. The normalized spacial score (nSPS) is 19.8. The van der Waals surface area contributed by atoms with Crippen LogP contribution in [0.25, 0.3) is 27.7 Å². The lowest BCUT2D eigenvalue weighted by atomic mass is 9.68. The first kappa shape index (κ1) is 23.7. The number of pyridine rings is 1. The Morgan fingerprint density at radius 1 is 1.14 bits per heavy atom. The van der Waals surface area contributed by atoms with Crippen LogP contribution in [0.2, 0.25) is 0 Å². The number of aldehydes is 1. The van der Waals surface area contributed by atoms with Crippen molar-refractivity contribution in [3.8, 4) is 17.0 Å². The van der Waals surface area contributed by atoms with Crippen molar-refractivity contribution in [2.45, 2.75) is 57.5 Å². The maximum atomic E-state index is 10.7. The van der Waals surface area contributed by atoms with Gasteiger partial charge in [-0.05, 0) is 74.5 Å². The van der Waals surface area contributed by atoms with E-state index in [0.717, 1.165) is 92.2 Å². The van der Waals surface area contributed by atoms with Crippen LogP contribution in [-0.2, 0) is 11.8 Å². The summed E-state index contributed by atoms with van der Waals surface area (Å²) in [5.74, 6) is 1.16. The molecule has 3 aromatic rings. The van der Waals surface area contributed by atoms with Gasteiger partial charge in [-0.3, -0.25) is 4.79 Å². The Hall–Kier alpha value is -3.68. The smallest absolute Gasteiger partial charge is 0.213 e. The lowest BCUT2D eigenvalue weighted by molar-refractivity contribution is -0.104. The van der Waals surface area contributed by atoms with E-state index >= 15 is 0 Å². The number of nitrogens with two attached hydrogens (primary N) is 1. The van der Waals surface area contributed by atoms with E-state index in [2.05, 4.69) is 43.6 Å². The lowest BCUT2D eigenvalue weighted by Crippen LogP contribution is -2.38. The average molecular weight is 499 g/mol. The van der Waals surface area contributed by atoms with E-state index in [-0.39, 0.29) is 0 Å². The van der Waals surface area contributed by atoms with Crippen LogP contribution < -0.4 is 10.5 Å². The zero-order valence-corrected chi connectivity index (χ0v) is 21.4. The van der Waals surface area contributed by atoms with E-state index in [0.29, 0.717) is 23.2 Å². The second-order valence-electron chi connectivity index (χ2n) is 10.7. The molecular formula is C29H34N6O2. The number of aryl methyl sites for hydroxylation is 1. The molecule has 2 fully saturated rings. The fourth-order valence-electron chi connectivity index (χ4n) is 6.11. The zero-order chi connectivity index (χ0) is 25.4. The number of ether oxygens (including phenoxy) is 1. The Kier molecular flexibility index (Phi) is 6.18. The van der Waals surface area contributed by atoms with Crippen LogP contribution in [0.15, 0.2) is 43.0 Å². The third kappa shape index (κ3) is 4.38. The predicted octanol–water partition coefficient (Wildman–Crippen LogP) is 4.91. The van der Waals surface area contributed by atoms with Crippen LogP contribution in [0.3, 0.4) is 0 Å². The molecule has 0 radical (unpaired) electrons. The van der Waals surface area contributed by atoms with Crippen molar-refractivity contribution in [3.05, 3.63) is 48.7 Å². The Labute approximate surface area is 217 Å². The molecule has 0 unspecified atom stereocenters. The zero-order valence-electron chi connectivity index (χ0n) is 21.4. The van der Waals surface area contributed by atoms with E-state index < -0.39 is 0 Å². The largest absolute Gasteiger partial charge is 0.474 e. The van der Waals surface area contributed by atoms with E-state index in [9.17, 15) is 4.79 Å². The topological polar surface area (TPSA) is 99.2 Å². The van der Waals surface area contributed by atoms with Gasteiger partial charge in [-0.15, -0.1) is 0 Å². The molecule has 0 amide bonds. The summed E-state index contributed by atoms with van der Waals surface area (Å²) < 4.78 is 8.16. The van der Waals surface area contributed by atoms with Gasteiger partial charge in [0.2, 0.25) is 5.88 Å². The second kappa shape index (κ2) is 9.65. The Balaban J connectivity index is 1.33. The molecule has 3 aromatic heterocycles. The number of carbonyl (C=O) groups is 1. The average Bonchev–Trinajstić information content (AvgIpc) is 3.20. The summed E-state index contributed by atoms with van der Waals surface area (Å²) >= 11 is 0. The number of nitrogen functional groups attached to an aromatic ring is 1. The third-order valence-electron chi connectivity index (χ3n) is 8.61. The molecule has 2 aliphatic carbocycles. The van der Waals surface area contributed by atoms with Crippen LogP contribution in [0.1, 0.15) is 57.1 Å². The molecule has 0 atom stereocenters. The number of nitrogens with zero attached hydrogens (tertiary/aromatic N) is 5. The van der Waals surface area contributed by atoms with Crippen LogP contribution in [-0.4, -0.2) is 49.9 Å². The van der Waals surface area contributed by atoms with Gasteiger partial charge in [0, 0.05) is 49.7 Å². The molecule has 192 valence electrons. The maximum absolute atomic E-state index is 10.7. The minimum absolute atomic E-state index is 0.295. The SMILES string of the molecule is Cn1c(C2=CCC3(CC2)CCN(C=CC=O)CC3)c(-c2ccc(OC3CCC3)nc2)c2c(N)ncnc21. The predicted molar refractivity (Wildman–Crippen MR) is 145 cm³/mol. The first-order valence-electron chi connectivity index (χ1n) is 13.3. The third-order valence-corrected chi connectivity index (χ3v) is 8.61. The minimum atomic E-state index is 0.295. The number of fused-ring (bicyclic) bond motifs is 1. The number of hydrogen-bond acceptors (Lipinski definition) is 7. The standard InChI is InChI=1S/C29H34N6O2/c1-34-26(20-8-10-29(11-9-20)12-15-35(16-13-29)14-3-17-36)24(25-27(30)32-19-33-28(25)34)21-6-7-23(31-18-21)37-22-4-2-5-22/h3,6-8,14,17-19,22H,2,4-5,9-13,15-16H2,1H3,(H2,30,32,33). The highest BCUT2D eigenvalue weighted by molar-refractivity contribution is 6.05. The molecule has 1 aliphatic heterocycles. The Morgan fingerprint density at radius 2 is 1.97 bits per heavy atom. The van der Waals surface area contributed by atoms with E-state index in [1.54, 1.807) is 6.08 Å². The molecule has 2 N–H and O–H groups in total. The highest BCUT2D eigenvalue weighted by Crippen LogP contribution is 2.48. The summed E-state index contributed by atoms with van der Waals surface area (Å²) in [5, 5.41) is 0.880. The van der Waals surface area contributed by atoms with Crippen LogP contribution in [0.5, 0.6) is 5.88 Å². The summed E-state index contributed by atoms with van der Waals surface area (Å²) in [6.07, 6.45) is 19.5. The molecular weight excluding hydrogens is 464 g/mol. The van der Waals surface area contributed by atoms with Crippen LogP contribution in [0.4, 0.5) is 5.82 Å². The number of likely N-dealkylation sites (tertiary alicyclic amines) is 1. The molecule has 3 aliphatic rings. The fourth-order valence-corrected chi connectivity index (χ4v) is 6.11. The van der Waals surface area contributed by atoms with E-state index in [1.807, 2.05) is 18.5 Å². The number of hydrogen-bond donors (Lipinski definition) is 1. The van der Waals surface area contributed by atoms with Crippen molar-refractivity contribution in [3.63, 3.8) is 0 Å². The van der Waals surface area contributed by atoms with Crippen molar-refractivity contribution in [1.29, 1.82) is 0 Å². The highest BCUT2D eigenvalue weighted by Gasteiger charge is 2.36. The summed E-state index contributed by atoms with van der Waals surface area (Å²) in [6.45, 7) is 2.00. The van der Waals surface area contributed by atoms with Gasteiger partial charge in [-0.1, -0.05) is 6.08 Å². The van der Waals surface area contributed by atoms with Crippen molar-refractivity contribution in [2.75, 3.05) is 18.8 Å². The van der Waals surface area contributed by atoms with Gasteiger partial charge in [0.25, 0.3) is 0 Å². The van der Waals surface area contributed by atoms with Crippen LogP contribution in [0, 0.1) is 5.41 Å². The Morgan fingerprint density at radius 3 is 2.62 bits per heavy atom. The number of piperidine rings is 1. The fraction of sp³-hybridized carbons (Fsp3) is 0.448. The first-order chi connectivity index (χ1) is 18.1. The minimum Gasteiger partial charge on any atom is -0.474 e. The van der Waals surface area contributed by atoms with Gasteiger partial charge >= 0.3 is 0 Å². The van der Waals surface area contributed by atoms with Gasteiger partial charge in [-0.25, -0.2) is 15.0 Å². The van der Waals surface area contributed by atoms with Crippen molar-refractivity contribution >= 4 is 28.7 Å². The van der Waals surface area contributed by atoms with Crippen molar-refractivity contribution in [1.82, 2.24) is 24.4 Å². The van der Waals surface area contributed by atoms with Gasteiger partial charge in [0.1, 0.15) is 30.2 Å². The lowest BCUT2D eigenvalue weighted by Gasteiger charge is -2.43. The first-order valence-corrected chi connectivity index (χ1v) is 13.3. The van der Waals surface area contributed by atoms with Gasteiger partial charge in [-0.2, -0.15) is 0 Å². The second-order valence-corrected chi connectivity index (χ2v) is 10.7. The number of carbonyl (C=O) groups excluding carboxylic acids is 1. The molecule has 1 saturated heterocycles. The molecule has 1 spiro atoms. The molecule has 1 saturated carbocycles. The summed E-state index contributed by atoms with van der Waals surface area (Å²) in [5.41, 5.74) is 12.1. The van der Waals surface area contributed by atoms with Crippen molar-refractivity contribution in [2.24, 2.45) is 12.5 Å².